The van der Waals surface area contributed by atoms with Crippen molar-refractivity contribution in [3.05, 3.63) is 63.7 Å². The minimum absolute atomic E-state index is 0.242. The third-order valence-electron chi connectivity index (χ3n) is 4.16. The maximum atomic E-state index is 8.40. The van der Waals surface area contributed by atoms with E-state index >= 15 is 0 Å². The van der Waals surface area contributed by atoms with Gasteiger partial charge in [-0.15, -0.1) is 0 Å². The number of anilines is 2. The van der Waals surface area contributed by atoms with Crippen molar-refractivity contribution in [1.82, 2.24) is 15.0 Å². The predicted molar refractivity (Wildman–Crippen MR) is 107 cm³/mol. The molecule has 0 aliphatic carbocycles. The van der Waals surface area contributed by atoms with E-state index in [0.717, 1.165) is 47.2 Å². The Morgan fingerprint density at radius 2 is 1.85 bits per heavy atom. The van der Waals surface area contributed by atoms with Gasteiger partial charge in [0.05, 0.1) is 12.1 Å². The number of nitrogen functional groups attached to an aromatic ring is 1. The molecule has 0 saturated carbocycles. The summed E-state index contributed by atoms with van der Waals surface area (Å²) in [7, 11) is 0. The van der Waals surface area contributed by atoms with Crippen molar-refractivity contribution in [2.24, 2.45) is 5.11 Å². The predicted octanol–water partition coefficient (Wildman–Crippen LogP) is 4.22. The number of pyridine rings is 1. The molecule has 0 fully saturated rings. The first-order chi connectivity index (χ1) is 13.2. The van der Waals surface area contributed by atoms with Crippen LogP contribution in [0.15, 0.2) is 41.5 Å². The summed E-state index contributed by atoms with van der Waals surface area (Å²) in [4.78, 5) is 16.1. The fraction of sp³-hybridized carbons (Fsp3) is 0.316. The summed E-state index contributed by atoms with van der Waals surface area (Å²) < 4.78 is 0. The molecule has 8 nitrogen and oxygen atoms in total. The largest absolute Gasteiger partial charge is 0.368 e. The molecule has 0 amide bonds. The van der Waals surface area contributed by atoms with Crippen LogP contribution in [0.2, 0.25) is 0 Å². The highest BCUT2D eigenvalue weighted by atomic mass is 15.1. The molecule has 0 unspecified atom stereocenters. The van der Waals surface area contributed by atoms with Crippen LogP contribution in [0.5, 0.6) is 0 Å². The average Bonchev–Trinajstić information content (AvgIpc) is 2.68. The Hall–Kier alpha value is -3.38. The minimum atomic E-state index is 0.242. The van der Waals surface area contributed by atoms with Crippen LogP contribution < -0.4 is 11.1 Å². The lowest BCUT2D eigenvalue weighted by molar-refractivity contribution is 0.831. The lowest BCUT2D eigenvalue weighted by Crippen LogP contribution is -2.08. The van der Waals surface area contributed by atoms with Crippen molar-refractivity contribution in [3.63, 3.8) is 0 Å². The first-order valence-corrected chi connectivity index (χ1v) is 8.95. The van der Waals surface area contributed by atoms with Gasteiger partial charge in [0.1, 0.15) is 5.52 Å². The molecule has 0 aliphatic rings. The SMILES string of the molecule is CCCCNc1nc(N)nc2ccc(Cc3ccc(CN=[N+]=[N-])cc3)nc12. The van der Waals surface area contributed by atoms with E-state index < -0.39 is 0 Å². The van der Waals surface area contributed by atoms with Gasteiger partial charge in [-0.3, -0.25) is 0 Å². The zero-order valence-corrected chi connectivity index (χ0v) is 15.3. The summed E-state index contributed by atoms with van der Waals surface area (Å²) >= 11 is 0. The summed E-state index contributed by atoms with van der Waals surface area (Å²) in [6, 6.07) is 11.9. The van der Waals surface area contributed by atoms with Crippen LogP contribution in [-0.4, -0.2) is 21.5 Å². The van der Waals surface area contributed by atoms with Gasteiger partial charge < -0.3 is 11.1 Å². The minimum Gasteiger partial charge on any atom is -0.368 e. The lowest BCUT2D eigenvalue weighted by Gasteiger charge is -2.10. The molecule has 27 heavy (non-hydrogen) atoms. The quantitative estimate of drug-likeness (QED) is 0.268. The molecule has 2 aromatic heterocycles. The Kier molecular flexibility index (Phi) is 6.02. The van der Waals surface area contributed by atoms with E-state index in [4.69, 9.17) is 16.2 Å². The number of hydrogen-bond acceptors (Lipinski definition) is 6. The maximum absolute atomic E-state index is 8.40. The molecular weight excluding hydrogens is 340 g/mol. The highest BCUT2D eigenvalue weighted by Gasteiger charge is 2.09. The Morgan fingerprint density at radius 3 is 2.59 bits per heavy atom. The number of hydrogen-bond donors (Lipinski definition) is 2. The van der Waals surface area contributed by atoms with E-state index in [2.05, 4.69) is 32.2 Å². The Balaban J connectivity index is 1.83. The van der Waals surface area contributed by atoms with Crippen molar-refractivity contribution in [2.75, 3.05) is 17.6 Å². The molecule has 0 saturated heterocycles. The van der Waals surface area contributed by atoms with E-state index in [9.17, 15) is 0 Å². The van der Waals surface area contributed by atoms with Crippen LogP contribution in [0.3, 0.4) is 0 Å². The molecule has 1 aromatic carbocycles. The number of fused-ring (bicyclic) bond motifs is 1. The number of azide groups is 1. The molecule has 3 rings (SSSR count). The van der Waals surface area contributed by atoms with E-state index in [0.29, 0.717) is 18.8 Å². The molecule has 0 bridgehead atoms. The highest BCUT2D eigenvalue weighted by Crippen LogP contribution is 2.21. The molecule has 2 heterocycles. The third kappa shape index (κ3) is 4.83. The zero-order chi connectivity index (χ0) is 19.1. The Labute approximate surface area is 157 Å². The second kappa shape index (κ2) is 8.82. The smallest absolute Gasteiger partial charge is 0.222 e. The second-order valence-electron chi connectivity index (χ2n) is 6.26. The number of nitrogens with zero attached hydrogens (tertiary/aromatic N) is 6. The van der Waals surface area contributed by atoms with Gasteiger partial charge in [-0.05, 0) is 35.2 Å². The Bertz CT molecular complexity index is 961. The van der Waals surface area contributed by atoms with Crippen molar-refractivity contribution in [1.29, 1.82) is 0 Å². The van der Waals surface area contributed by atoms with Gasteiger partial charge in [-0.2, -0.15) is 4.98 Å². The summed E-state index contributed by atoms with van der Waals surface area (Å²) in [5.74, 6) is 0.921. The molecule has 0 atom stereocenters. The number of aromatic nitrogens is 3. The van der Waals surface area contributed by atoms with Crippen LogP contribution in [0.1, 0.15) is 36.6 Å². The first kappa shape index (κ1) is 18.4. The number of nitrogens with one attached hydrogen (secondary N) is 1. The van der Waals surface area contributed by atoms with E-state index in [1.807, 2.05) is 36.4 Å². The fourth-order valence-corrected chi connectivity index (χ4v) is 2.76. The number of unbranched alkanes of at least 4 members (excludes halogenated alkanes) is 1. The summed E-state index contributed by atoms with van der Waals surface area (Å²) in [5, 5.41) is 6.89. The van der Waals surface area contributed by atoms with Gasteiger partial charge in [0.15, 0.2) is 5.82 Å². The van der Waals surface area contributed by atoms with Crippen molar-refractivity contribution >= 4 is 22.8 Å². The number of nitrogens with two attached hydrogens (primary N) is 1. The molecule has 8 heteroatoms. The van der Waals surface area contributed by atoms with Gasteiger partial charge in [-0.25, -0.2) is 9.97 Å². The van der Waals surface area contributed by atoms with Crippen molar-refractivity contribution in [3.8, 4) is 0 Å². The van der Waals surface area contributed by atoms with E-state index in [-0.39, 0.29) is 5.95 Å². The number of rotatable bonds is 8. The third-order valence-corrected chi connectivity index (χ3v) is 4.16. The first-order valence-electron chi connectivity index (χ1n) is 8.95. The van der Waals surface area contributed by atoms with Crippen LogP contribution in [0.4, 0.5) is 11.8 Å². The average molecular weight is 362 g/mol. The molecule has 3 aromatic rings. The molecule has 3 N–H and O–H groups in total. The fourth-order valence-electron chi connectivity index (χ4n) is 2.76. The zero-order valence-electron chi connectivity index (χ0n) is 15.3. The standard InChI is InChI=1S/C19H22N8/c1-2-3-10-22-18-17-16(25-19(20)26-18)9-8-15(24-17)11-13-4-6-14(7-5-13)12-23-27-21/h4-9H,2-3,10-12H2,1H3,(H3,20,22,25,26). The lowest BCUT2D eigenvalue weighted by atomic mass is 10.1. The van der Waals surface area contributed by atoms with Gasteiger partial charge in [0, 0.05) is 23.6 Å². The van der Waals surface area contributed by atoms with Crippen molar-refractivity contribution in [2.45, 2.75) is 32.7 Å². The van der Waals surface area contributed by atoms with Crippen LogP contribution in [0, 0.1) is 0 Å². The molecular formula is C19H22N8. The topological polar surface area (TPSA) is 125 Å². The molecule has 0 aliphatic heterocycles. The Morgan fingerprint density at radius 1 is 1.07 bits per heavy atom. The normalized spacial score (nSPS) is 10.6. The van der Waals surface area contributed by atoms with E-state index in [1.54, 1.807) is 0 Å². The van der Waals surface area contributed by atoms with Gasteiger partial charge in [0.2, 0.25) is 5.95 Å². The highest BCUT2D eigenvalue weighted by molar-refractivity contribution is 5.86. The maximum Gasteiger partial charge on any atom is 0.222 e. The molecule has 0 spiro atoms. The molecule has 138 valence electrons. The summed E-state index contributed by atoms with van der Waals surface area (Å²) in [6.07, 6.45) is 2.84. The van der Waals surface area contributed by atoms with Gasteiger partial charge in [-0.1, -0.05) is 42.7 Å². The monoisotopic (exact) mass is 362 g/mol. The van der Waals surface area contributed by atoms with Gasteiger partial charge >= 0.3 is 0 Å². The van der Waals surface area contributed by atoms with E-state index in [1.165, 1.54) is 0 Å². The van der Waals surface area contributed by atoms with Crippen LogP contribution >= 0.6 is 0 Å². The van der Waals surface area contributed by atoms with Gasteiger partial charge in [0.25, 0.3) is 0 Å². The van der Waals surface area contributed by atoms with Crippen LogP contribution in [-0.2, 0) is 13.0 Å². The van der Waals surface area contributed by atoms with Crippen LogP contribution in [0.25, 0.3) is 21.5 Å². The summed E-state index contributed by atoms with van der Waals surface area (Å²) in [5.41, 5.74) is 18.7. The van der Waals surface area contributed by atoms with Crippen molar-refractivity contribution < 1.29 is 0 Å². The summed E-state index contributed by atoms with van der Waals surface area (Å²) in [6.45, 7) is 3.32. The number of benzene rings is 1. The molecule has 0 radical (unpaired) electrons. The second-order valence-corrected chi connectivity index (χ2v) is 6.26.